The van der Waals surface area contributed by atoms with Gasteiger partial charge in [0.1, 0.15) is 6.61 Å². The highest BCUT2D eigenvalue weighted by atomic mass is 32.2. The lowest BCUT2D eigenvalue weighted by Gasteiger charge is -1.99. The van der Waals surface area contributed by atoms with Crippen LogP contribution >= 0.6 is 11.8 Å². The van der Waals surface area contributed by atoms with Gasteiger partial charge in [0.05, 0.1) is 11.1 Å². The van der Waals surface area contributed by atoms with Crippen molar-refractivity contribution in [1.29, 1.82) is 0 Å². The van der Waals surface area contributed by atoms with Gasteiger partial charge in [-0.3, -0.25) is 4.79 Å². The Kier molecular flexibility index (Phi) is 6.18. The predicted octanol–water partition coefficient (Wildman–Crippen LogP) is -1.60. The van der Waals surface area contributed by atoms with Crippen LogP contribution in [0, 0.1) is 0 Å². The molecule has 0 aromatic heterocycles. The fourth-order valence-electron chi connectivity index (χ4n) is 0.351. The molecule has 0 rings (SSSR count). The standard InChI is InChI=1S/C4H9NO5S/c6-4(7)3-11-2-1-10-5(8)9/h5,8-9H,1-3H2/p+1. The number of carboxylic acids is 1. The Morgan fingerprint density at radius 1 is 1.55 bits per heavy atom. The first-order valence-corrected chi connectivity index (χ1v) is 3.95. The molecule has 0 aromatic rings. The Morgan fingerprint density at radius 3 is 2.64 bits per heavy atom. The molecule has 0 unspecified atom stereocenters. The van der Waals surface area contributed by atoms with Crippen molar-refractivity contribution >= 4 is 17.7 Å². The Morgan fingerprint density at radius 2 is 2.18 bits per heavy atom. The van der Waals surface area contributed by atoms with Gasteiger partial charge in [-0.1, -0.05) is 0 Å². The second-order valence-corrected chi connectivity index (χ2v) is 2.68. The molecule has 0 aliphatic heterocycles. The molecule has 0 bridgehead atoms. The molecule has 66 valence electrons. The summed E-state index contributed by atoms with van der Waals surface area (Å²) >= 11 is 1.14. The molecule has 0 atom stereocenters. The summed E-state index contributed by atoms with van der Waals surface area (Å²) < 4.78 is 0. The van der Waals surface area contributed by atoms with Gasteiger partial charge in [0, 0.05) is 5.75 Å². The van der Waals surface area contributed by atoms with Crippen molar-refractivity contribution in [2.45, 2.75) is 0 Å². The Labute approximate surface area is 67.2 Å². The van der Waals surface area contributed by atoms with E-state index in [9.17, 15) is 4.79 Å². The number of thioether (sulfide) groups is 1. The number of nitrogens with one attached hydrogen (secondary N) is 1. The first-order chi connectivity index (χ1) is 5.13. The molecule has 6 nitrogen and oxygen atoms in total. The zero-order valence-corrected chi connectivity index (χ0v) is 6.50. The summed E-state index contributed by atoms with van der Waals surface area (Å²) in [6.07, 6.45) is 0. The van der Waals surface area contributed by atoms with E-state index in [0.717, 1.165) is 11.8 Å². The molecule has 0 spiro atoms. The summed E-state index contributed by atoms with van der Waals surface area (Å²) in [6, 6.07) is 0. The maximum Gasteiger partial charge on any atom is 0.313 e. The van der Waals surface area contributed by atoms with E-state index in [2.05, 4.69) is 4.84 Å². The van der Waals surface area contributed by atoms with Crippen molar-refractivity contribution in [2.75, 3.05) is 18.1 Å². The molecule has 4 N–H and O–H groups in total. The molecule has 0 aromatic carbocycles. The van der Waals surface area contributed by atoms with Crippen molar-refractivity contribution in [3.05, 3.63) is 0 Å². The summed E-state index contributed by atoms with van der Waals surface area (Å²) in [7, 11) is 0. The van der Waals surface area contributed by atoms with E-state index < -0.39 is 11.4 Å². The topological polar surface area (TPSA) is 91.4 Å². The van der Waals surface area contributed by atoms with E-state index in [1.165, 1.54) is 0 Å². The van der Waals surface area contributed by atoms with Gasteiger partial charge in [-0.05, 0) is 0 Å². The van der Waals surface area contributed by atoms with Crippen LogP contribution in [-0.4, -0.2) is 39.6 Å². The molecule has 11 heavy (non-hydrogen) atoms. The lowest BCUT2D eigenvalue weighted by Crippen LogP contribution is -3.06. The minimum Gasteiger partial charge on any atom is -0.481 e. The maximum absolute atomic E-state index is 9.93. The average Bonchev–Trinajstić information content (AvgIpc) is 1.85. The van der Waals surface area contributed by atoms with E-state index in [4.69, 9.17) is 15.5 Å². The first kappa shape index (κ1) is 10.7. The largest absolute Gasteiger partial charge is 0.481 e. The highest BCUT2D eigenvalue weighted by Gasteiger charge is 2.00. The molecular weight excluding hydrogens is 174 g/mol. The van der Waals surface area contributed by atoms with E-state index >= 15 is 0 Å². The van der Waals surface area contributed by atoms with Gasteiger partial charge < -0.3 is 5.11 Å². The normalized spacial score (nSPS) is 10.5. The van der Waals surface area contributed by atoms with Crippen LogP contribution in [0.2, 0.25) is 0 Å². The summed E-state index contributed by atoms with van der Waals surface area (Å²) in [5, 5.41) is 23.2. The van der Waals surface area contributed by atoms with Crippen LogP contribution in [0.1, 0.15) is 0 Å². The van der Waals surface area contributed by atoms with Gasteiger partial charge >= 0.3 is 5.97 Å². The second-order valence-electron chi connectivity index (χ2n) is 1.58. The number of hydrogen-bond acceptors (Lipinski definition) is 5. The van der Waals surface area contributed by atoms with Crippen molar-refractivity contribution in [1.82, 2.24) is 0 Å². The minimum atomic E-state index is -1.08. The van der Waals surface area contributed by atoms with Crippen LogP contribution in [0.4, 0.5) is 0 Å². The fraction of sp³-hybridized carbons (Fsp3) is 0.750. The van der Waals surface area contributed by atoms with Gasteiger partial charge in [0.15, 0.2) is 0 Å². The van der Waals surface area contributed by atoms with E-state index in [1.807, 2.05) is 0 Å². The fourth-order valence-corrected chi connectivity index (χ4v) is 0.872. The quantitative estimate of drug-likeness (QED) is 0.293. The van der Waals surface area contributed by atoms with Crippen molar-refractivity contribution in [3.63, 3.8) is 0 Å². The zero-order chi connectivity index (χ0) is 8.69. The van der Waals surface area contributed by atoms with Crippen LogP contribution in [0.25, 0.3) is 0 Å². The predicted molar refractivity (Wildman–Crippen MR) is 35.4 cm³/mol. The molecule has 0 amide bonds. The van der Waals surface area contributed by atoms with Gasteiger partial charge in [0.2, 0.25) is 0 Å². The molecule has 0 aliphatic carbocycles. The minimum absolute atomic E-state index is 0.00441. The summed E-state index contributed by atoms with van der Waals surface area (Å²) in [5.41, 5.74) is 0. The van der Waals surface area contributed by atoms with Crippen LogP contribution in [0.15, 0.2) is 0 Å². The zero-order valence-electron chi connectivity index (χ0n) is 5.69. The molecule has 0 saturated carbocycles. The second kappa shape index (κ2) is 6.38. The lowest BCUT2D eigenvalue weighted by molar-refractivity contribution is -1.37. The van der Waals surface area contributed by atoms with E-state index in [0.29, 0.717) is 5.75 Å². The summed E-state index contributed by atoms with van der Waals surface area (Å²) in [5.74, 6) is -0.487. The van der Waals surface area contributed by atoms with Gasteiger partial charge in [0.25, 0.3) is 0 Å². The molecular formula is C4H10NO5S+. The molecule has 0 fully saturated rings. The molecule has 0 aliphatic rings. The Hall–Kier alpha value is -0.340. The van der Waals surface area contributed by atoms with Gasteiger partial charge in [-0.25, -0.2) is 0 Å². The van der Waals surface area contributed by atoms with Crippen molar-refractivity contribution in [2.24, 2.45) is 0 Å². The third-order valence-electron chi connectivity index (χ3n) is 0.684. The number of rotatable bonds is 6. The molecule has 7 heteroatoms. The van der Waals surface area contributed by atoms with E-state index in [-0.39, 0.29) is 12.4 Å². The number of aliphatic carboxylic acids is 1. The first-order valence-electron chi connectivity index (χ1n) is 2.80. The van der Waals surface area contributed by atoms with Crippen LogP contribution < -0.4 is 5.39 Å². The summed E-state index contributed by atoms with van der Waals surface area (Å²) in [4.78, 5) is 14.2. The number of quaternary nitrogens is 1. The monoisotopic (exact) mass is 184 g/mol. The van der Waals surface area contributed by atoms with E-state index in [1.54, 1.807) is 0 Å². The molecule has 0 radical (unpaired) electrons. The lowest BCUT2D eigenvalue weighted by atomic mass is 10.8. The number of carbonyl (C=O) groups is 1. The molecule has 0 heterocycles. The summed E-state index contributed by atoms with van der Waals surface area (Å²) in [6.45, 7) is 0.0975. The smallest absolute Gasteiger partial charge is 0.313 e. The Bertz CT molecular complexity index is 119. The third-order valence-corrected chi connectivity index (χ3v) is 1.59. The highest BCUT2D eigenvalue weighted by molar-refractivity contribution is 7.99. The van der Waals surface area contributed by atoms with Crippen molar-refractivity contribution < 1.29 is 30.5 Å². The number of hydrogen-bond donors (Lipinski definition) is 4. The average molecular weight is 184 g/mol. The van der Waals surface area contributed by atoms with Crippen LogP contribution in [0.3, 0.4) is 0 Å². The van der Waals surface area contributed by atoms with Crippen LogP contribution in [-0.2, 0) is 9.63 Å². The highest BCUT2D eigenvalue weighted by Crippen LogP contribution is 1.96. The Balaban J connectivity index is 2.97. The molecule has 0 saturated heterocycles. The van der Waals surface area contributed by atoms with Gasteiger partial charge in [-0.2, -0.15) is 0 Å². The number of carboxylic acid groups (broad SMARTS) is 1. The van der Waals surface area contributed by atoms with Crippen molar-refractivity contribution in [3.8, 4) is 0 Å². The third kappa shape index (κ3) is 9.66. The van der Waals surface area contributed by atoms with Crippen LogP contribution in [0.5, 0.6) is 0 Å². The maximum atomic E-state index is 9.93. The van der Waals surface area contributed by atoms with Gasteiger partial charge in [-0.15, -0.1) is 27.0 Å². The SMILES string of the molecule is O=C(O)CSCCO[NH+](O)O.